The lowest BCUT2D eigenvalue weighted by atomic mass is 10.2. The number of carbonyl (C=O) groups excluding carboxylic acids is 2. The predicted octanol–water partition coefficient (Wildman–Crippen LogP) is 3.57. The summed E-state index contributed by atoms with van der Waals surface area (Å²) in [6, 6.07) is 10.5. The SMILES string of the molecule is O=C1C=C(Nc2ccc3oc(-c4cc(Br)ccc4Cl)nc3c2)C(=O)N1CCO. The van der Waals surface area contributed by atoms with Gasteiger partial charge in [-0.1, -0.05) is 27.5 Å². The van der Waals surface area contributed by atoms with Gasteiger partial charge >= 0.3 is 0 Å². The summed E-state index contributed by atoms with van der Waals surface area (Å²) in [4.78, 5) is 29.5. The number of aliphatic hydroxyl groups excluding tert-OH is 1. The van der Waals surface area contributed by atoms with E-state index in [-0.39, 0.29) is 18.8 Å². The summed E-state index contributed by atoms with van der Waals surface area (Å²) in [6.45, 7) is -0.330. The van der Waals surface area contributed by atoms with Crippen molar-refractivity contribution in [1.29, 1.82) is 0 Å². The predicted molar refractivity (Wildman–Crippen MR) is 108 cm³/mol. The number of carbonyl (C=O) groups is 2. The van der Waals surface area contributed by atoms with Crippen molar-refractivity contribution in [2.45, 2.75) is 0 Å². The molecule has 28 heavy (non-hydrogen) atoms. The standard InChI is InChI=1S/C19H13BrClN3O4/c20-10-1-3-13(21)12(7-10)18-23-14-8-11(2-4-16(14)28-18)22-15-9-17(26)24(5-6-25)19(15)27/h1-4,7-9,22,25H,5-6H2. The average Bonchev–Trinajstić information content (AvgIpc) is 3.20. The fourth-order valence-corrected chi connectivity index (χ4v) is 3.41. The maximum atomic E-state index is 12.2. The molecule has 0 bridgehead atoms. The molecule has 0 saturated heterocycles. The average molecular weight is 463 g/mol. The van der Waals surface area contributed by atoms with Gasteiger partial charge in [0.1, 0.15) is 11.2 Å². The molecule has 0 unspecified atom stereocenters. The monoisotopic (exact) mass is 461 g/mol. The number of imide groups is 1. The number of β-amino-alcohol motifs (C(OH)–C–C–N with tert-alkyl or cyclic N) is 1. The number of oxazole rings is 1. The van der Waals surface area contributed by atoms with Gasteiger partial charge in [0.2, 0.25) is 5.89 Å². The topological polar surface area (TPSA) is 95.7 Å². The molecule has 2 aromatic carbocycles. The number of aromatic nitrogens is 1. The van der Waals surface area contributed by atoms with Crippen LogP contribution in [0.2, 0.25) is 5.02 Å². The Morgan fingerprint density at radius 2 is 2.04 bits per heavy atom. The van der Waals surface area contributed by atoms with E-state index in [1.807, 2.05) is 12.1 Å². The molecule has 0 fully saturated rings. The fourth-order valence-electron chi connectivity index (χ4n) is 2.85. The quantitative estimate of drug-likeness (QED) is 0.563. The maximum Gasteiger partial charge on any atom is 0.277 e. The number of halogens is 2. The fraction of sp³-hybridized carbons (Fsp3) is 0.105. The molecule has 142 valence electrons. The zero-order valence-electron chi connectivity index (χ0n) is 14.3. The van der Waals surface area contributed by atoms with Gasteiger partial charge in [-0.25, -0.2) is 4.98 Å². The lowest BCUT2D eigenvalue weighted by molar-refractivity contribution is -0.137. The molecule has 2 N–H and O–H groups in total. The molecular weight excluding hydrogens is 450 g/mol. The molecule has 0 aliphatic carbocycles. The minimum atomic E-state index is -0.485. The van der Waals surface area contributed by atoms with Crippen LogP contribution in [-0.2, 0) is 9.59 Å². The normalized spacial score (nSPS) is 14.1. The van der Waals surface area contributed by atoms with Crippen molar-refractivity contribution >= 4 is 56.1 Å². The number of hydrogen-bond acceptors (Lipinski definition) is 6. The van der Waals surface area contributed by atoms with Crippen LogP contribution in [0.4, 0.5) is 5.69 Å². The highest BCUT2D eigenvalue weighted by Crippen LogP contribution is 2.33. The highest BCUT2D eigenvalue weighted by atomic mass is 79.9. The summed E-state index contributed by atoms with van der Waals surface area (Å²) in [6.07, 6.45) is 1.21. The Morgan fingerprint density at radius 1 is 1.21 bits per heavy atom. The Kier molecular flexibility index (Phi) is 4.92. The molecule has 0 radical (unpaired) electrons. The van der Waals surface area contributed by atoms with Gasteiger partial charge in [-0.15, -0.1) is 0 Å². The van der Waals surface area contributed by atoms with Crippen LogP contribution >= 0.6 is 27.5 Å². The first-order chi connectivity index (χ1) is 13.5. The van der Waals surface area contributed by atoms with Gasteiger partial charge in [0.15, 0.2) is 5.58 Å². The minimum absolute atomic E-state index is 0.0432. The number of nitrogens with zero attached hydrogens (tertiary/aromatic N) is 2. The highest BCUT2D eigenvalue weighted by Gasteiger charge is 2.30. The Hall–Kier alpha value is -2.68. The van der Waals surface area contributed by atoms with E-state index in [0.717, 1.165) is 9.37 Å². The smallest absolute Gasteiger partial charge is 0.277 e. The number of rotatable bonds is 5. The molecule has 2 heterocycles. The summed E-state index contributed by atoms with van der Waals surface area (Å²) in [7, 11) is 0. The summed E-state index contributed by atoms with van der Waals surface area (Å²) >= 11 is 9.64. The van der Waals surface area contributed by atoms with E-state index in [2.05, 4.69) is 26.2 Å². The van der Waals surface area contributed by atoms with Gasteiger partial charge < -0.3 is 14.8 Å². The summed E-state index contributed by atoms with van der Waals surface area (Å²) in [5.41, 5.74) is 2.49. The summed E-state index contributed by atoms with van der Waals surface area (Å²) < 4.78 is 6.63. The molecule has 3 aromatic rings. The Balaban J connectivity index is 1.62. The van der Waals surface area contributed by atoms with Crippen molar-refractivity contribution in [2.24, 2.45) is 0 Å². The van der Waals surface area contributed by atoms with E-state index in [1.165, 1.54) is 6.08 Å². The van der Waals surface area contributed by atoms with Crippen LogP contribution in [0.3, 0.4) is 0 Å². The van der Waals surface area contributed by atoms with Gasteiger partial charge in [0.05, 0.1) is 23.7 Å². The first-order valence-electron chi connectivity index (χ1n) is 8.27. The van der Waals surface area contributed by atoms with Crippen LogP contribution in [0.25, 0.3) is 22.6 Å². The van der Waals surface area contributed by atoms with Gasteiger partial charge in [-0.05, 0) is 36.4 Å². The minimum Gasteiger partial charge on any atom is -0.436 e. The number of nitrogens with one attached hydrogen (secondary N) is 1. The largest absolute Gasteiger partial charge is 0.436 e. The second-order valence-electron chi connectivity index (χ2n) is 6.03. The Labute approximate surface area is 172 Å². The zero-order chi connectivity index (χ0) is 19.8. The molecule has 1 aliphatic heterocycles. The molecule has 1 aliphatic rings. The van der Waals surface area contributed by atoms with Crippen molar-refractivity contribution in [1.82, 2.24) is 9.88 Å². The van der Waals surface area contributed by atoms with Gasteiger partial charge in [0.25, 0.3) is 11.8 Å². The van der Waals surface area contributed by atoms with Crippen molar-refractivity contribution in [3.05, 3.63) is 57.7 Å². The Morgan fingerprint density at radius 3 is 2.82 bits per heavy atom. The second-order valence-corrected chi connectivity index (χ2v) is 7.35. The van der Waals surface area contributed by atoms with Crippen LogP contribution in [0.15, 0.2) is 57.1 Å². The lowest BCUT2D eigenvalue weighted by Gasteiger charge is -2.13. The van der Waals surface area contributed by atoms with Gasteiger partial charge in [-0.2, -0.15) is 0 Å². The summed E-state index contributed by atoms with van der Waals surface area (Å²) in [5, 5.41) is 12.4. The molecule has 0 spiro atoms. The molecule has 0 atom stereocenters. The number of aliphatic hydroxyl groups is 1. The first kappa shape index (κ1) is 18.7. The van der Waals surface area contributed by atoms with Crippen LogP contribution in [-0.4, -0.2) is 40.0 Å². The van der Waals surface area contributed by atoms with Crippen molar-refractivity contribution in [3.63, 3.8) is 0 Å². The van der Waals surface area contributed by atoms with Crippen LogP contribution in [0.5, 0.6) is 0 Å². The van der Waals surface area contributed by atoms with Crippen LogP contribution in [0.1, 0.15) is 0 Å². The van der Waals surface area contributed by atoms with E-state index < -0.39 is 11.8 Å². The number of fused-ring (bicyclic) bond motifs is 1. The molecule has 4 rings (SSSR count). The molecule has 7 nitrogen and oxygen atoms in total. The van der Waals surface area contributed by atoms with Crippen LogP contribution in [0, 0.1) is 0 Å². The third kappa shape index (κ3) is 3.42. The number of amides is 2. The summed E-state index contributed by atoms with van der Waals surface area (Å²) in [5.74, 6) is -0.574. The zero-order valence-corrected chi connectivity index (χ0v) is 16.6. The highest BCUT2D eigenvalue weighted by molar-refractivity contribution is 9.10. The third-order valence-electron chi connectivity index (χ3n) is 4.16. The van der Waals surface area contributed by atoms with Crippen molar-refractivity contribution < 1.29 is 19.1 Å². The molecule has 9 heteroatoms. The van der Waals surface area contributed by atoms with E-state index in [4.69, 9.17) is 21.1 Å². The number of hydrogen-bond donors (Lipinski definition) is 2. The van der Waals surface area contributed by atoms with Crippen molar-refractivity contribution in [2.75, 3.05) is 18.5 Å². The van der Waals surface area contributed by atoms with Crippen LogP contribution < -0.4 is 5.32 Å². The van der Waals surface area contributed by atoms with E-state index in [1.54, 1.807) is 24.3 Å². The third-order valence-corrected chi connectivity index (χ3v) is 4.98. The van der Waals surface area contributed by atoms with E-state index in [9.17, 15) is 9.59 Å². The second kappa shape index (κ2) is 7.38. The number of anilines is 1. The Bertz CT molecular complexity index is 1140. The van der Waals surface area contributed by atoms with Gasteiger partial charge in [0, 0.05) is 16.2 Å². The lowest BCUT2D eigenvalue weighted by Crippen LogP contribution is -2.34. The molecule has 0 saturated carbocycles. The van der Waals surface area contributed by atoms with Crippen molar-refractivity contribution in [3.8, 4) is 11.5 Å². The first-order valence-corrected chi connectivity index (χ1v) is 9.45. The molecular formula is C19H13BrClN3O4. The molecule has 2 amide bonds. The van der Waals surface area contributed by atoms with E-state index in [0.29, 0.717) is 33.3 Å². The maximum absolute atomic E-state index is 12.2. The number of benzene rings is 2. The van der Waals surface area contributed by atoms with Gasteiger partial charge in [-0.3, -0.25) is 14.5 Å². The molecule has 1 aromatic heterocycles. The van der Waals surface area contributed by atoms with E-state index >= 15 is 0 Å².